The van der Waals surface area contributed by atoms with Crippen LogP contribution in [0.2, 0.25) is 0 Å². The highest BCUT2D eigenvalue weighted by molar-refractivity contribution is 5.91. The Bertz CT molecular complexity index is 601. The van der Waals surface area contributed by atoms with Crippen molar-refractivity contribution in [3.8, 4) is 0 Å². The van der Waals surface area contributed by atoms with Gasteiger partial charge in [-0.3, -0.25) is 4.79 Å². The van der Waals surface area contributed by atoms with Gasteiger partial charge in [0.15, 0.2) is 0 Å². The summed E-state index contributed by atoms with van der Waals surface area (Å²) in [5.41, 5.74) is 2.41. The Morgan fingerprint density at radius 3 is 2.62 bits per heavy atom. The van der Waals surface area contributed by atoms with Crippen molar-refractivity contribution >= 4 is 12.0 Å². The van der Waals surface area contributed by atoms with E-state index < -0.39 is 0 Å². The van der Waals surface area contributed by atoms with Crippen molar-refractivity contribution in [2.75, 3.05) is 14.1 Å². The van der Waals surface area contributed by atoms with Crippen molar-refractivity contribution < 1.29 is 14.1 Å². The standard InChI is InChI=1S/C17H20N2O2/c1-19(2)13-15-7-4-3-6-14(15)12-18-17(20)10-9-16-8-5-11-21-16/h3-11H,12-13H2,1-2H3,(H,18,20)/p+1/b10-9+. The lowest BCUT2D eigenvalue weighted by atomic mass is 10.1. The molecule has 0 unspecified atom stereocenters. The molecule has 0 atom stereocenters. The highest BCUT2D eigenvalue weighted by Gasteiger charge is 2.06. The Labute approximate surface area is 125 Å². The van der Waals surface area contributed by atoms with Gasteiger partial charge in [0, 0.05) is 18.2 Å². The van der Waals surface area contributed by atoms with Crippen LogP contribution in [0.4, 0.5) is 0 Å². The molecule has 4 nitrogen and oxygen atoms in total. The van der Waals surface area contributed by atoms with Crippen LogP contribution in [0.1, 0.15) is 16.9 Å². The maximum absolute atomic E-state index is 11.8. The first-order valence-corrected chi connectivity index (χ1v) is 7.00. The Morgan fingerprint density at radius 2 is 1.95 bits per heavy atom. The average molecular weight is 285 g/mol. The minimum absolute atomic E-state index is 0.126. The summed E-state index contributed by atoms with van der Waals surface area (Å²) in [6.07, 6.45) is 4.72. The normalized spacial score (nSPS) is 11.2. The molecule has 0 aliphatic carbocycles. The van der Waals surface area contributed by atoms with Gasteiger partial charge in [-0.25, -0.2) is 0 Å². The zero-order valence-electron chi connectivity index (χ0n) is 12.4. The van der Waals surface area contributed by atoms with Gasteiger partial charge < -0.3 is 14.6 Å². The number of quaternary nitrogens is 1. The van der Waals surface area contributed by atoms with Crippen molar-refractivity contribution in [1.29, 1.82) is 0 Å². The number of amides is 1. The van der Waals surface area contributed by atoms with Crippen LogP contribution in [-0.2, 0) is 17.9 Å². The molecule has 2 N–H and O–H groups in total. The third-order valence-electron chi connectivity index (χ3n) is 3.06. The van der Waals surface area contributed by atoms with E-state index in [1.165, 1.54) is 16.5 Å². The summed E-state index contributed by atoms with van der Waals surface area (Å²) in [5.74, 6) is 0.542. The van der Waals surface area contributed by atoms with Crippen LogP contribution in [0.5, 0.6) is 0 Å². The average Bonchev–Trinajstić information content (AvgIpc) is 2.97. The molecule has 0 spiro atoms. The lowest BCUT2D eigenvalue weighted by molar-refractivity contribution is -0.872. The van der Waals surface area contributed by atoms with Crippen LogP contribution >= 0.6 is 0 Å². The summed E-state index contributed by atoms with van der Waals surface area (Å²) in [5, 5.41) is 2.90. The Morgan fingerprint density at radius 1 is 1.19 bits per heavy atom. The molecule has 1 heterocycles. The van der Waals surface area contributed by atoms with Crippen molar-refractivity contribution in [2.45, 2.75) is 13.1 Å². The van der Waals surface area contributed by atoms with Crippen molar-refractivity contribution in [3.63, 3.8) is 0 Å². The van der Waals surface area contributed by atoms with E-state index in [0.29, 0.717) is 12.3 Å². The van der Waals surface area contributed by atoms with Gasteiger partial charge in [0.25, 0.3) is 0 Å². The Hall–Kier alpha value is -2.33. The largest absolute Gasteiger partial charge is 0.465 e. The Balaban J connectivity index is 1.92. The molecule has 0 aliphatic heterocycles. The van der Waals surface area contributed by atoms with Crippen molar-refractivity contribution in [1.82, 2.24) is 5.32 Å². The van der Waals surface area contributed by atoms with Gasteiger partial charge in [-0.2, -0.15) is 0 Å². The van der Waals surface area contributed by atoms with Gasteiger partial charge in [0.1, 0.15) is 12.3 Å². The van der Waals surface area contributed by atoms with Gasteiger partial charge >= 0.3 is 0 Å². The number of hydrogen-bond donors (Lipinski definition) is 2. The fourth-order valence-electron chi connectivity index (χ4n) is 2.07. The van der Waals surface area contributed by atoms with E-state index in [-0.39, 0.29) is 5.91 Å². The van der Waals surface area contributed by atoms with Crippen molar-refractivity contribution in [2.24, 2.45) is 0 Å². The van der Waals surface area contributed by atoms with Gasteiger partial charge in [0.05, 0.1) is 20.4 Å². The van der Waals surface area contributed by atoms with E-state index in [2.05, 4.69) is 31.5 Å². The number of benzene rings is 1. The van der Waals surface area contributed by atoms with Gasteiger partial charge in [0.2, 0.25) is 5.91 Å². The van der Waals surface area contributed by atoms with E-state index in [9.17, 15) is 4.79 Å². The summed E-state index contributed by atoms with van der Waals surface area (Å²) in [7, 11) is 4.23. The van der Waals surface area contributed by atoms with Gasteiger partial charge in [-0.1, -0.05) is 24.3 Å². The molecular weight excluding hydrogens is 264 g/mol. The number of hydrogen-bond acceptors (Lipinski definition) is 2. The van der Waals surface area contributed by atoms with Crippen LogP contribution in [0.25, 0.3) is 6.08 Å². The molecule has 0 fully saturated rings. The molecule has 1 amide bonds. The molecule has 4 heteroatoms. The lowest BCUT2D eigenvalue weighted by Gasteiger charge is -2.12. The first-order chi connectivity index (χ1) is 10.1. The van der Waals surface area contributed by atoms with Crippen LogP contribution in [0.15, 0.2) is 53.2 Å². The molecule has 2 rings (SSSR count). The number of nitrogens with one attached hydrogen (secondary N) is 2. The van der Waals surface area contributed by atoms with E-state index in [0.717, 1.165) is 12.1 Å². The van der Waals surface area contributed by atoms with Crippen LogP contribution in [0, 0.1) is 0 Å². The van der Waals surface area contributed by atoms with Crippen LogP contribution in [-0.4, -0.2) is 20.0 Å². The Kier molecular flexibility index (Phi) is 5.35. The zero-order chi connectivity index (χ0) is 15.1. The molecule has 0 bridgehead atoms. The number of carbonyl (C=O) groups excluding carboxylic acids is 1. The molecule has 1 aromatic carbocycles. The maximum Gasteiger partial charge on any atom is 0.244 e. The minimum atomic E-state index is -0.126. The molecule has 0 radical (unpaired) electrons. The minimum Gasteiger partial charge on any atom is -0.465 e. The fourth-order valence-corrected chi connectivity index (χ4v) is 2.07. The fraction of sp³-hybridized carbons (Fsp3) is 0.235. The molecule has 0 aliphatic rings. The van der Waals surface area contributed by atoms with Gasteiger partial charge in [-0.15, -0.1) is 0 Å². The zero-order valence-corrected chi connectivity index (χ0v) is 12.4. The van der Waals surface area contributed by atoms with E-state index >= 15 is 0 Å². The molecule has 0 saturated carbocycles. The lowest BCUT2D eigenvalue weighted by Crippen LogP contribution is -3.04. The molecule has 2 aromatic rings. The first-order valence-electron chi connectivity index (χ1n) is 7.00. The molecule has 21 heavy (non-hydrogen) atoms. The summed E-state index contributed by atoms with van der Waals surface area (Å²) < 4.78 is 5.14. The number of furan rings is 1. The number of rotatable bonds is 6. The van der Waals surface area contributed by atoms with E-state index in [4.69, 9.17) is 4.42 Å². The smallest absolute Gasteiger partial charge is 0.244 e. The van der Waals surface area contributed by atoms with E-state index in [1.807, 2.05) is 12.1 Å². The summed E-state index contributed by atoms with van der Waals surface area (Å²) >= 11 is 0. The van der Waals surface area contributed by atoms with Crippen LogP contribution < -0.4 is 10.2 Å². The second-order valence-corrected chi connectivity index (χ2v) is 5.22. The van der Waals surface area contributed by atoms with Gasteiger partial charge in [-0.05, 0) is 23.8 Å². The molecule has 110 valence electrons. The molecule has 0 saturated heterocycles. The number of carbonyl (C=O) groups is 1. The quantitative estimate of drug-likeness (QED) is 0.785. The SMILES string of the molecule is C[NH+](C)Cc1ccccc1CNC(=O)/C=C/c1ccco1. The monoisotopic (exact) mass is 285 g/mol. The highest BCUT2D eigenvalue weighted by atomic mass is 16.3. The van der Waals surface area contributed by atoms with E-state index in [1.54, 1.807) is 24.5 Å². The first kappa shape index (κ1) is 15.1. The van der Waals surface area contributed by atoms with Crippen molar-refractivity contribution in [3.05, 3.63) is 65.6 Å². The second kappa shape index (κ2) is 7.45. The maximum atomic E-state index is 11.8. The topological polar surface area (TPSA) is 46.7 Å². The summed E-state index contributed by atoms with van der Waals surface area (Å²) in [6, 6.07) is 11.8. The molecule has 1 aromatic heterocycles. The molecular formula is C17H21N2O2+. The summed E-state index contributed by atoms with van der Waals surface area (Å²) in [4.78, 5) is 13.2. The predicted molar refractivity (Wildman–Crippen MR) is 82.5 cm³/mol. The third kappa shape index (κ3) is 4.93. The highest BCUT2D eigenvalue weighted by Crippen LogP contribution is 2.07. The second-order valence-electron chi connectivity index (χ2n) is 5.22. The predicted octanol–water partition coefficient (Wildman–Crippen LogP) is 1.25. The third-order valence-corrected chi connectivity index (χ3v) is 3.06. The summed E-state index contributed by atoms with van der Waals surface area (Å²) in [6.45, 7) is 1.47. The van der Waals surface area contributed by atoms with Crippen LogP contribution in [0.3, 0.4) is 0 Å².